The van der Waals surface area contributed by atoms with Gasteiger partial charge in [-0.3, -0.25) is 10.2 Å². The van der Waals surface area contributed by atoms with Gasteiger partial charge in [-0.1, -0.05) is 0 Å². The molecule has 0 spiro atoms. The lowest BCUT2D eigenvalue weighted by atomic mass is 10.5. The molecule has 1 amide bonds. The van der Waals surface area contributed by atoms with Crippen LogP contribution in [0, 0.1) is 0 Å². The van der Waals surface area contributed by atoms with Crippen LogP contribution in [0.3, 0.4) is 0 Å². The summed E-state index contributed by atoms with van der Waals surface area (Å²) in [5, 5.41) is 4.54. The van der Waals surface area contributed by atoms with Gasteiger partial charge >= 0.3 is 0 Å². The molecule has 0 saturated heterocycles. The highest BCUT2D eigenvalue weighted by Crippen LogP contribution is 1.68. The quantitative estimate of drug-likeness (QED) is 0.394. The van der Waals surface area contributed by atoms with Gasteiger partial charge in [-0.05, 0) is 0 Å². The number of amides is 1. The van der Waals surface area contributed by atoms with Gasteiger partial charge in [0, 0.05) is 27.7 Å². The van der Waals surface area contributed by atoms with E-state index in [1.165, 1.54) is 0 Å². The molecule has 0 aliphatic carbocycles. The molecule has 0 bridgehead atoms. The molecular weight excluding hydrogens is 158 g/mol. The first kappa shape index (κ1) is 11.4. The van der Waals surface area contributed by atoms with Crippen LogP contribution in [0.5, 0.6) is 0 Å². The van der Waals surface area contributed by atoms with Gasteiger partial charge in [0.2, 0.25) is 5.91 Å². The molecule has 2 N–H and O–H groups in total. The molecule has 72 valence electrons. The molecule has 0 rings (SSSR count). The van der Waals surface area contributed by atoms with Crippen LogP contribution in [0.15, 0.2) is 0 Å². The molecule has 0 radical (unpaired) electrons. The van der Waals surface area contributed by atoms with Crippen molar-refractivity contribution in [3.63, 3.8) is 0 Å². The fourth-order valence-corrected chi connectivity index (χ4v) is 0.665. The second kappa shape index (κ2) is 7.02. The molecule has 0 unspecified atom stereocenters. The molecule has 5 nitrogen and oxygen atoms in total. The van der Waals surface area contributed by atoms with Crippen molar-refractivity contribution in [1.82, 2.24) is 15.8 Å². The minimum atomic E-state index is -0.0453. The lowest BCUT2D eigenvalue weighted by Crippen LogP contribution is -2.42. The van der Waals surface area contributed by atoms with Crippen molar-refractivity contribution in [2.45, 2.75) is 0 Å². The van der Waals surface area contributed by atoms with E-state index in [1.807, 2.05) is 0 Å². The first-order valence-corrected chi connectivity index (χ1v) is 3.83. The number of nitrogens with zero attached hydrogens (tertiary/aromatic N) is 1. The molecule has 0 fully saturated rings. The topological polar surface area (TPSA) is 53.6 Å². The van der Waals surface area contributed by atoms with Crippen LogP contribution in [0.1, 0.15) is 0 Å². The molecule has 0 aliphatic rings. The second-order valence-corrected chi connectivity index (χ2v) is 2.60. The average Bonchev–Trinajstić information content (AvgIpc) is 1.97. The number of nitrogens with one attached hydrogen (secondary N) is 2. The number of hydrazine groups is 1. The zero-order chi connectivity index (χ0) is 9.40. The zero-order valence-corrected chi connectivity index (χ0v) is 7.89. The normalized spacial score (nSPS) is 10.3. The molecule has 0 aliphatic heterocycles. The number of rotatable bonds is 6. The number of hydrogen-bond donors (Lipinski definition) is 2. The SMILES string of the molecule is COCCNCC(=O)NN(C)C. The summed E-state index contributed by atoms with van der Waals surface area (Å²) in [6, 6.07) is 0. The van der Waals surface area contributed by atoms with E-state index in [2.05, 4.69) is 10.7 Å². The summed E-state index contributed by atoms with van der Waals surface area (Å²) >= 11 is 0. The predicted octanol–water partition coefficient (Wildman–Crippen LogP) is -1.18. The Bertz CT molecular complexity index is 128. The Morgan fingerprint density at radius 2 is 2.17 bits per heavy atom. The van der Waals surface area contributed by atoms with Crippen LogP contribution in [0.25, 0.3) is 0 Å². The maximum absolute atomic E-state index is 11.0. The summed E-state index contributed by atoms with van der Waals surface area (Å²) in [6.45, 7) is 1.63. The highest BCUT2D eigenvalue weighted by molar-refractivity contribution is 5.77. The second-order valence-electron chi connectivity index (χ2n) is 2.60. The molecule has 0 aromatic heterocycles. The summed E-state index contributed by atoms with van der Waals surface area (Å²) in [5.74, 6) is -0.0453. The van der Waals surface area contributed by atoms with Gasteiger partial charge in [0.15, 0.2) is 0 Å². The third-order valence-corrected chi connectivity index (χ3v) is 1.12. The van der Waals surface area contributed by atoms with E-state index >= 15 is 0 Å². The fraction of sp³-hybridized carbons (Fsp3) is 0.857. The minimum absolute atomic E-state index is 0.0453. The Hall–Kier alpha value is -0.650. The molecule has 12 heavy (non-hydrogen) atoms. The Labute approximate surface area is 73.0 Å². The van der Waals surface area contributed by atoms with Crippen LogP contribution < -0.4 is 10.7 Å². The van der Waals surface area contributed by atoms with Gasteiger partial charge in [0.1, 0.15) is 0 Å². The Balaban J connectivity index is 3.20. The third kappa shape index (κ3) is 7.46. The number of methoxy groups -OCH3 is 1. The summed E-state index contributed by atoms with van der Waals surface area (Å²) < 4.78 is 4.80. The molecule has 5 heteroatoms. The maximum atomic E-state index is 11.0. The lowest BCUT2D eigenvalue weighted by molar-refractivity contribution is -0.123. The summed E-state index contributed by atoms with van der Waals surface area (Å²) in [5.41, 5.74) is 2.61. The van der Waals surface area contributed by atoms with E-state index in [0.717, 1.165) is 0 Å². The van der Waals surface area contributed by atoms with Crippen molar-refractivity contribution in [2.24, 2.45) is 0 Å². The fourth-order valence-electron chi connectivity index (χ4n) is 0.665. The van der Waals surface area contributed by atoms with E-state index in [4.69, 9.17) is 4.74 Å². The Morgan fingerprint density at radius 3 is 2.67 bits per heavy atom. The number of ether oxygens (including phenoxy) is 1. The van der Waals surface area contributed by atoms with Gasteiger partial charge in [-0.2, -0.15) is 0 Å². The van der Waals surface area contributed by atoms with Crippen molar-refractivity contribution in [1.29, 1.82) is 0 Å². The lowest BCUT2D eigenvalue weighted by Gasteiger charge is -2.11. The van der Waals surface area contributed by atoms with E-state index in [0.29, 0.717) is 19.7 Å². The molecule has 0 aromatic carbocycles. The molecule has 0 atom stereocenters. The summed E-state index contributed by atoms with van der Waals surface area (Å²) in [4.78, 5) is 11.0. The van der Waals surface area contributed by atoms with Crippen molar-refractivity contribution in [2.75, 3.05) is 40.9 Å². The average molecular weight is 175 g/mol. The van der Waals surface area contributed by atoms with Crippen LogP contribution in [0.4, 0.5) is 0 Å². The number of carbonyl (C=O) groups is 1. The number of carbonyl (C=O) groups excluding carboxylic acids is 1. The van der Waals surface area contributed by atoms with E-state index in [1.54, 1.807) is 26.2 Å². The van der Waals surface area contributed by atoms with Crippen LogP contribution >= 0.6 is 0 Å². The van der Waals surface area contributed by atoms with Gasteiger partial charge in [-0.25, -0.2) is 5.01 Å². The standard InChI is InChI=1S/C7H17N3O2/c1-10(2)9-7(11)6-8-4-5-12-3/h8H,4-6H2,1-3H3,(H,9,11). The highest BCUT2D eigenvalue weighted by atomic mass is 16.5. The van der Waals surface area contributed by atoms with Gasteiger partial charge < -0.3 is 10.1 Å². The summed E-state index contributed by atoms with van der Waals surface area (Å²) in [7, 11) is 5.17. The largest absolute Gasteiger partial charge is 0.383 e. The van der Waals surface area contributed by atoms with E-state index in [-0.39, 0.29) is 5.91 Å². The van der Waals surface area contributed by atoms with Gasteiger partial charge in [0.25, 0.3) is 0 Å². The highest BCUT2D eigenvalue weighted by Gasteiger charge is 1.99. The molecule has 0 saturated carbocycles. The third-order valence-electron chi connectivity index (χ3n) is 1.12. The molecule has 0 aromatic rings. The summed E-state index contributed by atoms with van der Waals surface area (Å²) in [6.07, 6.45) is 0. The van der Waals surface area contributed by atoms with Crippen LogP contribution in [-0.4, -0.2) is 51.8 Å². The van der Waals surface area contributed by atoms with Crippen molar-refractivity contribution >= 4 is 5.91 Å². The number of hydrogen-bond acceptors (Lipinski definition) is 4. The van der Waals surface area contributed by atoms with E-state index < -0.39 is 0 Å². The van der Waals surface area contributed by atoms with Crippen LogP contribution in [0.2, 0.25) is 0 Å². The minimum Gasteiger partial charge on any atom is -0.383 e. The molecular formula is C7H17N3O2. The molecule has 0 heterocycles. The smallest absolute Gasteiger partial charge is 0.248 e. The Kier molecular flexibility index (Phi) is 6.64. The predicted molar refractivity (Wildman–Crippen MR) is 46.6 cm³/mol. The van der Waals surface area contributed by atoms with Crippen molar-refractivity contribution < 1.29 is 9.53 Å². The van der Waals surface area contributed by atoms with Gasteiger partial charge in [0.05, 0.1) is 13.2 Å². The first-order chi connectivity index (χ1) is 5.66. The maximum Gasteiger partial charge on any atom is 0.248 e. The Morgan fingerprint density at radius 1 is 1.50 bits per heavy atom. The zero-order valence-electron chi connectivity index (χ0n) is 7.89. The van der Waals surface area contributed by atoms with E-state index in [9.17, 15) is 4.79 Å². The van der Waals surface area contributed by atoms with Crippen LogP contribution in [-0.2, 0) is 9.53 Å². The van der Waals surface area contributed by atoms with Gasteiger partial charge in [-0.15, -0.1) is 0 Å². The monoisotopic (exact) mass is 175 g/mol. The first-order valence-electron chi connectivity index (χ1n) is 3.83. The van der Waals surface area contributed by atoms with Crippen molar-refractivity contribution in [3.8, 4) is 0 Å². The van der Waals surface area contributed by atoms with Crippen molar-refractivity contribution in [3.05, 3.63) is 0 Å².